The molecule has 1 aromatic heterocycles. The maximum atomic E-state index is 12.0. The van der Waals surface area contributed by atoms with Gasteiger partial charge in [-0.2, -0.15) is 5.10 Å². The quantitative estimate of drug-likeness (QED) is 0.627. The number of amides is 2. The summed E-state index contributed by atoms with van der Waals surface area (Å²) in [4.78, 5) is 25.9. The van der Waals surface area contributed by atoms with Gasteiger partial charge in [-0.05, 0) is 62.6 Å². The van der Waals surface area contributed by atoms with Crippen molar-refractivity contribution in [1.29, 1.82) is 0 Å². The van der Waals surface area contributed by atoms with Crippen LogP contribution in [-0.4, -0.2) is 42.1 Å². The van der Waals surface area contributed by atoms with Crippen LogP contribution < -0.4 is 10.2 Å². The molecule has 142 valence electrons. The van der Waals surface area contributed by atoms with E-state index in [2.05, 4.69) is 10.5 Å². The molecule has 2 heterocycles. The molecule has 0 atom stereocenters. The Morgan fingerprint density at radius 2 is 1.89 bits per heavy atom. The second-order valence-electron chi connectivity index (χ2n) is 6.43. The highest BCUT2D eigenvalue weighted by Gasteiger charge is 2.18. The molecule has 1 saturated heterocycles. The van der Waals surface area contributed by atoms with Crippen LogP contribution in [0.1, 0.15) is 41.4 Å². The number of carbonyl (C=O) groups is 2. The molecule has 27 heavy (non-hydrogen) atoms. The van der Waals surface area contributed by atoms with E-state index in [0.717, 1.165) is 31.5 Å². The van der Waals surface area contributed by atoms with Gasteiger partial charge in [0, 0.05) is 13.1 Å². The minimum absolute atomic E-state index is 0.0200. The highest BCUT2D eigenvalue weighted by atomic mass is 16.5. The Kier molecular flexibility index (Phi) is 5.90. The van der Waals surface area contributed by atoms with E-state index < -0.39 is 0 Å². The van der Waals surface area contributed by atoms with Crippen LogP contribution in [0, 0.1) is 6.92 Å². The third kappa shape index (κ3) is 4.75. The zero-order chi connectivity index (χ0) is 19.2. The number of furan rings is 1. The molecule has 0 spiro atoms. The third-order valence-corrected chi connectivity index (χ3v) is 4.52. The van der Waals surface area contributed by atoms with Gasteiger partial charge in [0.1, 0.15) is 11.5 Å². The maximum absolute atomic E-state index is 12.0. The standard InChI is InChI=1S/C20H23N3O4/c1-14(21-22-20(25)18-9-12-26-15(18)2)16-5-7-17(8-6-16)27-13-19(24)23-10-3-4-11-23/h5-9,12H,3-4,10-11,13H2,1-2H3,(H,22,25)/b21-14+. The van der Waals surface area contributed by atoms with Gasteiger partial charge in [0.2, 0.25) is 0 Å². The molecule has 1 fully saturated rings. The van der Waals surface area contributed by atoms with Crippen molar-refractivity contribution in [3.8, 4) is 5.75 Å². The molecule has 0 saturated carbocycles. The number of hydrazone groups is 1. The fourth-order valence-electron chi connectivity index (χ4n) is 2.88. The van der Waals surface area contributed by atoms with Gasteiger partial charge in [-0.1, -0.05) is 0 Å². The number of ether oxygens (including phenoxy) is 1. The van der Waals surface area contributed by atoms with Crippen LogP contribution in [0.15, 0.2) is 46.1 Å². The van der Waals surface area contributed by atoms with Crippen molar-refractivity contribution in [2.45, 2.75) is 26.7 Å². The van der Waals surface area contributed by atoms with Crippen molar-refractivity contribution >= 4 is 17.5 Å². The Hall–Kier alpha value is -3.09. The molecule has 2 aromatic rings. The van der Waals surface area contributed by atoms with Crippen LogP contribution >= 0.6 is 0 Å². The zero-order valence-electron chi connectivity index (χ0n) is 15.5. The van der Waals surface area contributed by atoms with Crippen molar-refractivity contribution in [1.82, 2.24) is 10.3 Å². The minimum Gasteiger partial charge on any atom is -0.484 e. The van der Waals surface area contributed by atoms with E-state index in [9.17, 15) is 9.59 Å². The fourth-order valence-corrected chi connectivity index (χ4v) is 2.88. The number of nitrogens with one attached hydrogen (secondary N) is 1. The number of nitrogens with zero attached hydrogens (tertiary/aromatic N) is 2. The summed E-state index contributed by atoms with van der Waals surface area (Å²) in [6.07, 6.45) is 3.60. The van der Waals surface area contributed by atoms with Crippen LogP contribution in [-0.2, 0) is 4.79 Å². The van der Waals surface area contributed by atoms with Crippen molar-refractivity contribution in [2.24, 2.45) is 5.10 Å². The van der Waals surface area contributed by atoms with Crippen molar-refractivity contribution in [2.75, 3.05) is 19.7 Å². The number of carbonyl (C=O) groups excluding carboxylic acids is 2. The van der Waals surface area contributed by atoms with Gasteiger partial charge in [0.05, 0.1) is 17.5 Å². The number of rotatable bonds is 6. The van der Waals surface area contributed by atoms with Crippen LogP contribution in [0.5, 0.6) is 5.75 Å². The van der Waals surface area contributed by atoms with E-state index in [0.29, 0.717) is 22.8 Å². The number of likely N-dealkylation sites (tertiary alicyclic amines) is 1. The summed E-state index contributed by atoms with van der Waals surface area (Å²) in [6.45, 7) is 5.21. The van der Waals surface area contributed by atoms with E-state index in [1.807, 2.05) is 17.0 Å². The molecular formula is C20H23N3O4. The molecule has 7 heteroatoms. The zero-order valence-corrected chi connectivity index (χ0v) is 15.5. The van der Waals surface area contributed by atoms with Gasteiger partial charge >= 0.3 is 0 Å². The average Bonchev–Trinajstić information content (AvgIpc) is 3.36. The van der Waals surface area contributed by atoms with Gasteiger partial charge in [-0.15, -0.1) is 0 Å². The largest absolute Gasteiger partial charge is 0.484 e. The van der Waals surface area contributed by atoms with Gasteiger partial charge in [0.25, 0.3) is 11.8 Å². The van der Waals surface area contributed by atoms with Crippen LogP contribution in [0.25, 0.3) is 0 Å². The van der Waals surface area contributed by atoms with E-state index in [-0.39, 0.29) is 18.4 Å². The lowest BCUT2D eigenvalue weighted by molar-refractivity contribution is -0.132. The van der Waals surface area contributed by atoms with Gasteiger partial charge in [-0.3, -0.25) is 9.59 Å². The Morgan fingerprint density at radius 3 is 2.52 bits per heavy atom. The number of hydrogen-bond acceptors (Lipinski definition) is 5. The number of hydrogen-bond donors (Lipinski definition) is 1. The van der Waals surface area contributed by atoms with Crippen LogP contribution in [0.4, 0.5) is 0 Å². The number of aryl methyl sites for hydroxylation is 1. The highest BCUT2D eigenvalue weighted by Crippen LogP contribution is 2.14. The SMILES string of the molecule is C/C(=N\NC(=O)c1ccoc1C)c1ccc(OCC(=O)N2CCCC2)cc1. The Labute approximate surface area is 158 Å². The van der Waals surface area contributed by atoms with Crippen molar-refractivity contribution in [3.63, 3.8) is 0 Å². The first-order valence-electron chi connectivity index (χ1n) is 8.94. The van der Waals surface area contributed by atoms with Crippen molar-refractivity contribution < 1.29 is 18.7 Å². The monoisotopic (exact) mass is 369 g/mol. The molecule has 1 aromatic carbocycles. The second-order valence-corrected chi connectivity index (χ2v) is 6.43. The van der Waals surface area contributed by atoms with Crippen LogP contribution in [0.3, 0.4) is 0 Å². The summed E-state index contributed by atoms with van der Waals surface area (Å²) in [7, 11) is 0. The summed E-state index contributed by atoms with van der Waals surface area (Å²) >= 11 is 0. The molecule has 7 nitrogen and oxygen atoms in total. The summed E-state index contributed by atoms with van der Waals surface area (Å²) in [5.41, 5.74) is 4.48. The molecule has 1 aliphatic heterocycles. The van der Waals surface area contributed by atoms with Gasteiger partial charge < -0.3 is 14.1 Å². The summed E-state index contributed by atoms with van der Waals surface area (Å²) in [5, 5.41) is 4.12. The molecule has 3 rings (SSSR count). The Balaban J connectivity index is 1.53. The third-order valence-electron chi connectivity index (χ3n) is 4.52. The van der Waals surface area contributed by atoms with E-state index in [1.165, 1.54) is 6.26 Å². The molecule has 0 bridgehead atoms. The smallest absolute Gasteiger partial charge is 0.274 e. The minimum atomic E-state index is -0.319. The molecule has 1 aliphatic rings. The van der Waals surface area contributed by atoms with E-state index in [1.54, 1.807) is 32.0 Å². The van der Waals surface area contributed by atoms with E-state index in [4.69, 9.17) is 9.15 Å². The lowest BCUT2D eigenvalue weighted by Gasteiger charge is -2.15. The van der Waals surface area contributed by atoms with E-state index >= 15 is 0 Å². The molecule has 0 unspecified atom stereocenters. The predicted molar refractivity (Wildman–Crippen MR) is 101 cm³/mol. The molecule has 0 aliphatic carbocycles. The maximum Gasteiger partial charge on any atom is 0.274 e. The Bertz CT molecular complexity index is 833. The molecule has 0 radical (unpaired) electrons. The lowest BCUT2D eigenvalue weighted by Crippen LogP contribution is -2.32. The average molecular weight is 369 g/mol. The van der Waals surface area contributed by atoms with Gasteiger partial charge in [-0.25, -0.2) is 5.43 Å². The predicted octanol–water partition coefficient (Wildman–Crippen LogP) is 2.74. The highest BCUT2D eigenvalue weighted by molar-refractivity contribution is 6.01. The topological polar surface area (TPSA) is 84.1 Å². The normalized spacial score (nSPS) is 14.3. The first kappa shape index (κ1) is 18.7. The van der Waals surface area contributed by atoms with Crippen molar-refractivity contribution in [3.05, 3.63) is 53.5 Å². The van der Waals surface area contributed by atoms with Crippen LogP contribution in [0.2, 0.25) is 0 Å². The first-order valence-corrected chi connectivity index (χ1v) is 8.94. The fraction of sp³-hybridized carbons (Fsp3) is 0.350. The Morgan fingerprint density at radius 1 is 1.19 bits per heavy atom. The first-order chi connectivity index (χ1) is 13.0. The summed E-state index contributed by atoms with van der Waals surface area (Å²) in [5.74, 6) is 0.870. The van der Waals surface area contributed by atoms with Gasteiger partial charge in [0.15, 0.2) is 6.61 Å². The lowest BCUT2D eigenvalue weighted by atomic mass is 10.1. The number of benzene rings is 1. The summed E-state index contributed by atoms with van der Waals surface area (Å²) in [6, 6.07) is 8.85. The summed E-state index contributed by atoms with van der Waals surface area (Å²) < 4.78 is 10.7. The second kappa shape index (κ2) is 8.53. The molecule has 2 amide bonds. The molecule has 1 N–H and O–H groups in total. The molecular weight excluding hydrogens is 346 g/mol.